The highest BCUT2D eigenvalue weighted by molar-refractivity contribution is 7.18. The number of pyridine rings is 1. The van der Waals surface area contributed by atoms with E-state index in [2.05, 4.69) is 15.4 Å². The highest BCUT2D eigenvalue weighted by Crippen LogP contribution is 2.42. The fraction of sp³-hybridized carbons (Fsp3) is 0.107. The zero-order valence-corrected chi connectivity index (χ0v) is 22.5. The number of thiophene rings is 1. The van der Waals surface area contributed by atoms with Gasteiger partial charge in [0.25, 0.3) is 0 Å². The van der Waals surface area contributed by atoms with Gasteiger partial charge in [-0.1, -0.05) is 18.2 Å². The van der Waals surface area contributed by atoms with Crippen molar-refractivity contribution in [3.8, 4) is 22.3 Å². The van der Waals surface area contributed by atoms with Crippen molar-refractivity contribution in [3.05, 3.63) is 78.3 Å². The molecule has 3 heterocycles. The number of nitrogens with two attached hydrogens (primary N) is 1. The highest BCUT2D eigenvalue weighted by Gasteiger charge is 2.37. The molecule has 5 aromatic rings. The van der Waals surface area contributed by atoms with Gasteiger partial charge in [0.15, 0.2) is 0 Å². The first-order chi connectivity index (χ1) is 20.2. The highest BCUT2D eigenvalue weighted by atomic mass is 32.1. The molecule has 0 unspecified atom stereocenters. The minimum Gasteiger partial charge on any atom is -0.479 e. The van der Waals surface area contributed by atoms with Gasteiger partial charge in [-0.15, -0.1) is 11.3 Å². The van der Waals surface area contributed by atoms with Crippen LogP contribution in [0, 0.1) is 5.82 Å². The van der Waals surface area contributed by atoms with Crippen LogP contribution in [0.3, 0.4) is 0 Å². The van der Waals surface area contributed by atoms with E-state index in [1.54, 1.807) is 35.4 Å². The molecule has 12 nitrogen and oxygen atoms in total. The van der Waals surface area contributed by atoms with Crippen LogP contribution in [-0.4, -0.2) is 60.7 Å². The number of amides is 2. The number of nitrogens with zero attached hydrogens (tertiary/aromatic N) is 4. The molecule has 14 heteroatoms. The molecular weight excluding hydrogens is 567 g/mol. The monoisotopic (exact) mass is 590 g/mol. The minimum atomic E-state index is -2.26. The van der Waals surface area contributed by atoms with Crippen molar-refractivity contribution >= 4 is 56.6 Å². The second-order valence-electron chi connectivity index (χ2n) is 9.06. The van der Waals surface area contributed by atoms with Crippen LogP contribution in [0.5, 0.6) is 0 Å². The average Bonchev–Trinajstić information content (AvgIpc) is 3.60. The summed E-state index contributed by atoms with van der Waals surface area (Å²) in [5.74, 6) is -3.89. The molecule has 0 saturated heterocycles. The number of fused-ring (bicyclic) bond motifs is 1. The molecule has 0 aliphatic carbocycles. The van der Waals surface area contributed by atoms with Gasteiger partial charge in [-0.25, -0.2) is 23.8 Å². The number of hydrogen-bond acceptors (Lipinski definition) is 8. The molecule has 0 spiro atoms. The third kappa shape index (κ3) is 5.48. The first-order valence-electron chi connectivity index (χ1n) is 12.4. The summed E-state index contributed by atoms with van der Waals surface area (Å²) in [5, 5.41) is 37.6. The number of benzene rings is 2. The summed E-state index contributed by atoms with van der Waals surface area (Å²) in [5.41, 5.74) is 9.22. The van der Waals surface area contributed by atoms with E-state index in [9.17, 15) is 34.1 Å². The van der Waals surface area contributed by atoms with Crippen LogP contribution in [0.2, 0.25) is 0 Å². The van der Waals surface area contributed by atoms with E-state index in [4.69, 9.17) is 5.73 Å². The van der Waals surface area contributed by atoms with Gasteiger partial charge in [-0.3, -0.25) is 9.58 Å². The number of hydrogen-bond donors (Lipinski definition) is 5. The fourth-order valence-corrected chi connectivity index (χ4v) is 5.59. The van der Waals surface area contributed by atoms with Gasteiger partial charge in [0.05, 0.1) is 19.3 Å². The predicted octanol–water partition coefficient (Wildman–Crippen LogP) is 4.12. The Kier molecular flexibility index (Phi) is 7.82. The van der Waals surface area contributed by atoms with E-state index in [1.165, 1.54) is 35.6 Å². The van der Waals surface area contributed by atoms with Crippen LogP contribution in [0.25, 0.3) is 32.3 Å². The maximum Gasteiger partial charge on any atom is 0.338 e. The number of aliphatic hydroxyl groups is 1. The lowest BCUT2D eigenvalue weighted by Crippen LogP contribution is -2.51. The number of nitrogens with one attached hydrogen (secondary N) is 1. The van der Waals surface area contributed by atoms with Crippen molar-refractivity contribution in [1.82, 2.24) is 14.8 Å². The number of urea groups is 1. The topological polar surface area (TPSA) is 184 Å². The smallest absolute Gasteiger partial charge is 0.338 e. The van der Waals surface area contributed by atoms with E-state index in [0.717, 1.165) is 33.5 Å². The number of carboxylic acids is 2. The Morgan fingerprint density at radius 1 is 1.05 bits per heavy atom. The van der Waals surface area contributed by atoms with Gasteiger partial charge < -0.3 is 26.4 Å². The quantitative estimate of drug-likeness (QED) is 0.158. The lowest BCUT2D eigenvalue weighted by atomic mass is 10.0. The molecule has 0 saturated carbocycles. The molecule has 0 aliphatic heterocycles. The van der Waals surface area contributed by atoms with Crippen LogP contribution in [0.1, 0.15) is 0 Å². The molecule has 0 aliphatic rings. The number of anilines is 3. The zero-order chi connectivity index (χ0) is 30.0. The molecular formula is C28H23FN6O6S. The molecule has 2 amide bonds. The number of carboxylic acid groups (broad SMARTS) is 2. The van der Waals surface area contributed by atoms with Gasteiger partial charge in [0, 0.05) is 50.5 Å². The van der Waals surface area contributed by atoms with Crippen LogP contribution in [0.4, 0.5) is 26.4 Å². The van der Waals surface area contributed by atoms with Crippen molar-refractivity contribution in [1.29, 1.82) is 0 Å². The van der Waals surface area contributed by atoms with E-state index in [0.29, 0.717) is 22.4 Å². The van der Waals surface area contributed by atoms with Crippen LogP contribution in [0.15, 0.2) is 72.5 Å². The maximum absolute atomic E-state index is 13.6. The van der Waals surface area contributed by atoms with E-state index in [1.807, 2.05) is 5.38 Å². The number of aliphatic hydroxyl groups excluding tert-OH is 1. The van der Waals surface area contributed by atoms with Crippen LogP contribution < -0.4 is 16.0 Å². The van der Waals surface area contributed by atoms with Gasteiger partial charge >= 0.3 is 18.0 Å². The second-order valence-corrected chi connectivity index (χ2v) is 9.94. The average molecular weight is 591 g/mol. The molecule has 42 heavy (non-hydrogen) atoms. The van der Waals surface area contributed by atoms with Gasteiger partial charge in [-0.2, -0.15) is 5.10 Å². The lowest BCUT2D eigenvalue weighted by molar-refractivity contribution is -0.149. The maximum atomic E-state index is 13.6. The number of aromatic nitrogens is 3. The molecule has 0 atom stereocenters. The van der Waals surface area contributed by atoms with Crippen LogP contribution >= 0.6 is 11.3 Å². The number of carbonyl (C=O) groups excluding carboxylic acids is 1. The number of nitrogen functional groups attached to an aromatic ring is 1. The number of carbonyl (C=O) groups is 3. The third-order valence-electron chi connectivity index (χ3n) is 6.38. The molecule has 0 radical (unpaired) electrons. The molecule has 0 bridgehead atoms. The van der Waals surface area contributed by atoms with Crippen molar-refractivity contribution in [2.75, 3.05) is 22.6 Å². The third-order valence-corrected chi connectivity index (χ3v) is 7.39. The predicted molar refractivity (Wildman–Crippen MR) is 155 cm³/mol. The number of halogens is 1. The molecule has 6 N–H and O–H groups in total. The molecule has 3 aromatic heterocycles. The Morgan fingerprint density at radius 2 is 1.79 bits per heavy atom. The summed E-state index contributed by atoms with van der Waals surface area (Å²) in [6.07, 6.45) is 5.11. The summed E-state index contributed by atoms with van der Waals surface area (Å²) >= 11 is 1.43. The Hall–Kier alpha value is -5.34. The number of rotatable bonds is 9. The fourth-order valence-electron chi connectivity index (χ4n) is 4.47. The number of aliphatic carboxylic acids is 2. The Morgan fingerprint density at radius 3 is 2.45 bits per heavy atom. The lowest BCUT2D eigenvalue weighted by Gasteiger charge is -2.26. The summed E-state index contributed by atoms with van der Waals surface area (Å²) in [6.45, 7) is 0.286. The Labute approximate surface area is 241 Å². The summed E-state index contributed by atoms with van der Waals surface area (Å²) in [4.78, 5) is 41.9. The van der Waals surface area contributed by atoms with Crippen molar-refractivity contribution in [3.63, 3.8) is 0 Å². The Bertz CT molecular complexity index is 1790. The minimum absolute atomic E-state index is 0.0153. The standard InChI is InChI=1S/C28H23FN6O6S/c29-17-2-1-3-18(10-17)33-28(41)35(23(26(37)38)27(39)40)19-6-4-15(5-7-19)21-14-42-24-20(12-31-25(30)22(21)24)16-11-32-34(13-16)8-9-36/h1-7,10-14,23,36H,8-9H2,(H2,30,31)(H,33,41)(H,37,38)(H,39,40). The summed E-state index contributed by atoms with van der Waals surface area (Å²) < 4.78 is 16.1. The van der Waals surface area contributed by atoms with Crippen molar-refractivity contribution in [2.24, 2.45) is 0 Å². The van der Waals surface area contributed by atoms with E-state index >= 15 is 0 Å². The molecule has 0 fully saturated rings. The molecule has 214 valence electrons. The Balaban J connectivity index is 1.52. The first-order valence-corrected chi connectivity index (χ1v) is 13.3. The molecule has 5 rings (SSSR count). The second kappa shape index (κ2) is 11.6. The normalized spacial score (nSPS) is 11.1. The van der Waals surface area contributed by atoms with Gasteiger partial charge in [-0.05, 0) is 41.3 Å². The van der Waals surface area contributed by atoms with Crippen molar-refractivity contribution in [2.45, 2.75) is 12.6 Å². The van der Waals surface area contributed by atoms with Gasteiger partial charge in [0.1, 0.15) is 11.6 Å². The van der Waals surface area contributed by atoms with Crippen molar-refractivity contribution < 1.29 is 34.1 Å². The van der Waals surface area contributed by atoms with Crippen LogP contribution in [-0.2, 0) is 16.1 Å². The zero-order valence-electron chi connectivity index (χ0n) is 21.6. The summed E-state index contributed by atoms with van der Waals surface area (Å²) in [7, 11) is 0. The largest absolute Gasteiger partial charge is 0.479 e. The van der Waals surface area contributed by atoms with Gasteiger partial charge in [0.2, 0.25) is 6.04 Å². The SMILES string of the molecule is Nc1ncc(-c2cnn(CCO)c2)c2scc(-c3ccc(N(C(=O)Nc4cccc(F)c4)C(C(=O)O)C(=O)O)cc3)c12. The summed E-state index contributed by atoms with van der Waals surface area (Å²) in [6, 6.07) is 7.58. The van der Waals surface area contributed by atoms with E-state index < -0.39 is 29.8 Å². The van der Waals surface area contributed by atoms with E-state index in [-0.39, 0.29) is 23.8 Å². The first kappa shape index (κ1) is 28.2. The molecule has 2 aromatic carbocycles.